The van der Waals surface area contributed by atoms with Crippen LogP contribution in [-0.2, 0) is 26.4 Å². The molecule has 0 N–H and O–H groups in total. The quantitative estimate of drug-likeness (QED) is 0.0819. The van der Waals surface area contributed by atoms with Gasteiger partial charge in [0.1, 0.15) is 19.0 Å². The molecule has 1 atom stereocenters. The first kappa shape index (κ1) is 33.8. The zero-order chi connectivity index (χ0) is 33.9. The van der Waals surface area contributed by atoms with Crippen LogP contribution in [0.5, 0.6) is 5.88 Å². The third kappa shape index (κ3) is 7.98. The van der Waals surface area contributed by atoms with E-state index in [0.29, 0.717) is 25.5 Å². The molecule has 0 bridgehead atoms. The maximum Gasteiger partial charge on any atom is 0.213 e. The monoisotopic (exact) mass is 649 g/mol. The minimum absolute atomic E-state index is 0.154. The van der Waals surface area contributed by atoms with E-state index in [-0.39, 0.29) is 12.9 Å². The number of methoxy groups -OCH3 is 1. The normalized spacial score (nSPS) is 12.1. The molecule has 1 heterocycles. The number of pyridine rings is 1. The van der Waals surface area contributed by atoms with Crippen molar-refractivity contribution in [2.24, 2.45) is 0 Å². The fourth-order valence-corrected chi connectivity index (χ4v) is 6.50. The Balaban J connectivity index is 1.18. The number of benzene rings is 5. The lowest BCUT2D eigenvalue weighted by molar-refractivity contribution is -0.0893. The van der Waals surface area contributed by atoms with Gasteiger partial charge in [0.05, 0.1) is 12.7 Å². The Morgan fingerprint density at radius 2 is 1.24 bits per heavy atom. The molecule has 6 aromatic rings. The number of rotatable bonds is 15. The molecule has 0 aliphatic heterocycles. The Kier molecular flexibility index (Phi) is 11.3. The first-order chi connectivity index (χ1) is 24.1. The fraction of sp³-hybridized carbons (Fsp3) is 0.205. The van der Waals surface area contributed by atoms with E-state index < -0.39 is 5.60 Å². The zero-order valence-electron chi connectivity index (χ0n) is 28.4. The highest BCUT2D eigenvalue weighted by molar-refractivity contribution is 5.71. The van der Waals surface area contributed by atoms with Gasteiger partial charge in [-0.2, -0.15) is 0 Å². The number of hydrogen-bond acceptors (Lipinski definition) is 5. The third-order valence-electron chi connectivity index (χ3n) is 8.84. The van der Waals surface area contributed by atoms with E-state index in [9.17, 15) is 0 Å². The van der Waals surface area contributed by atoms with Crippen LogP contribution in [-0.4, -0.2) is 25.5 Å². The van der Waals surface area contributed by atoms with Gasteiger partial charge in [-0.25, -0.2) is 4.98 Å². The molecule has 0 fully saturated rings. The lowest BCUT2D eigenvalue weighted by Crippen LogP contribution is -2.33. The molecule has 0 radical (unpaired) electrons. The predicted octanol–water partition coefficient (Wildman–Crippen LogP) is 10.0. The van der Waals surface area contributed by atoms with E-state index in [1.54, 1.807) is 7.11 Å². The van der Waals surface area contributed by atoms with Crippen LogP contribution in [0.3, 0.4) is 0 Å². The molecule has 0 aliphatic carbocycles. The summed E-state index contributed by atoms with van der Waals surface area (Å²) in [4.78, 5) is 4.65. The van der Waals surface area contributed by atoms with Gasteiger partial charge in [-0.05, 0) is 76.1 Å². The van der Waals surface area contributed by atoms with Gasteiger partial charge >= 0.3 is 0 Å². The molecule has 0 spiro atoms. The van der Waals surface area contributed by atoms with Gasteiger partial charge < -0.3 is 18.9 Å². The summed E-state index contributed by atoms with van der Waals surface area (Å²) in [6.07, 6.45) is 2.11. The summed E-state index contributed by atoms with van der Waals surface area (Å²) in [6.45, 7) is 5.30. The lowest BCUT2D eigenvalue weighted by Gasteiger charge is -2.36. The highest BCUT2D eigenvalue weighted by atomic mass is 16.7. The van der Waals surface area contributed by atoms with Crippen molar-refractivity contribution in [3.63, 3.8) is 0 Å². The van der Waals surface area contributed by atoms with Gasteiger partial charge in [0.2, 0.25) is 5.88 Å². The van der Waals surface area contributed by atoms with Gasteiger partial charge in [-0.1, -0.05) is 127 Å². The highest BCUT2D eigenvalue weighted by Gasteiger charge is 2.37. The summed E-state index contributed by atoms with van der Waals surface area (Å²) in [5, 5.41) is 0. The molecule has 6 rings (SSSR count). The minimum atomic E-state index is -0.805. The maximum absolute atomic E-state index is 7.02. The summed E-state index contributed by atoms with van der Waals surface area (Å²) >= 11 is 0. The molecule has 5 aromatic carbocycles. The summed E-state index contributed by atoms with van der Waals surface area (Å²) in [6, 6.07) is 50.0. The molecule has 1 aromatic heterocycles. The van der Waals surface area contributed by atoms with E-state index >= 15 is 0 Å². The van der Waals surface area contributed by atoms with E-state index in [1.807, 2.05) is 36.5 Å². The first-order valence-electron chi connectivity index (χ1n) is 16.7. The predicted molar refractivity (Wildman–Crippen MR) is 195 cm³/mol. The molecule has 5 nitrogen and oxygen atoms in total. The van der Waals surface area contributed by atoms with Crippen LogP contribution in [0.25, 0.3) is 11.1 Å². The number of aromatic nitrogens is 1. The average Bonchev–Trinajstić information content (AvgIpc) is 3.15. The largest absolute Gasteiger partial charge is 0.473 e. The van der Waals surface area contributed by atoms with Crippen LogP contribution in [0.4, 0.5) is 0 Å². The van der Waals surface area contributed by atoms with Crippen molar-refractivity contribution in [2.75, 3.05) is 20.5 Å². The van der Waals surface area contributed by atoms with E-state index in [4.69, 9.17) is 18.9 Å². The van der Waals surface area contributed by atoms with Gasteiger partial charge in [0, 0.05) is 25.8 Å². The van der Waals surface area contributed by atoms with E-state index in [0.717, 1.165) is 27.8 Å². The average molecular weight is 650 g/mol. The van der Waals surface area contributed by atoms with E-state index in [1.165, 1.54) is 22.3 Å². The molecular weight excluding hydrogens is 606 g/mol. The number of aryl methyl sites for hydroxylation is 2. The smallest absolute Gasteiger partial charge is 0.213 e. The van der Waals surface area contributed by atoms with Gasteiger partial charge in [0.15, 0.2) is 0 Å². The second-order valence-corrected chi connectivity index (χ2v) is 12.2. The molecule has 0 amide bonds. The van der Waals surface area contributed by atoms with Crippen molar-refractivity contribution in [3.05, 3.63) is 191 Å². The molecular formula is C44H43NO4. The topological polar surface area (TPSA) is 49.8 Å². The molecule has 1 unspecified atom stereocenters. The van der Waals surface area contributed by atoms with Crippen molar-refractivity contribution in [3.8, 4) is 17.0 Å². The number of hydrogen-bond donors (Lipinski definition) is 0. The summed E-state index contributed by atoms with van der Waals surface area (Å²) in [5.41, 5.74) is 9.37. The summed E-state index contributed by atoms with van der Waals surface area (Å²) < 4.78 is 24.6. The van der Waals surface area contributed by atoms with Crippen LogP contribution in [0.15, 0.2) is 152 Å². The van der Waals surface area contributed by atoms with E-state index in [2.05, 4.69) is 134 Å². The van der Waals surface area contributed by atoms with Crippen molar-refractivity contribution in [1.82, 2.24) is 4.98 Å². The standard InChI is InChI=1S/C44H43NO4/c1-33-15-13-16-34(2)43(33)36-18-14-17-35(29-36)31-47-42-26-25-37(30-45-42)41(48-32-46-3)27-28-49-44(38-19-7-4-8-20-38,39-21-9-5-10-22-39)40-23-11-6-12-24-40/h4-26,29-30,41H,27-28,31-32H2,1-3H3. The number of ether oxygens (including phenoxy) is 4. The molecule has 0 saturated heterocycles. The van der Waals surface area contributed by atoms with Crippen LogP contribution in [0, 0.1) is 13.8 Å². The molecule has 5 heteroatoms. The second-order valence-electron chi connectivity index (χ2n) is 12.2. The second kappa shape index (κ2) is 16.4. The lowest BCUT2D eigenvalue weighted by atomic mass is 9.80. The summed E-state index contributed by atoms with van der Waals surface area (Å²) in [5.74, 6) is 0.555. The zero-order valence-corrected chi connectivity index (χ0v) is 28.4. The Morgan fingerprint density at radius 3 is 1.80 bits per heavy atom. The molecule has 0 aliphatic rings. The number of nitrogens with zero attached hydrogens (tertiary/aromatic N) is 1. The minimum Gasteiger partial charge on any atom is -0.473 e. The first-order valence-corrected chi connectivity index (χ1v) is 16.7. The third-order valence-corrected chi connectivity index (χ3v) is 8.84. The molecule has 248 valence electrons. The Morgan fingerprint density at radius 1 is 0.653 bits per heavy atom. The van der Waals surface area contributed by atoms with Gasteiger partial charge in [0.25, 0.3) is 0 Å². The fourth-order valence-electron chi connectivity index (χ4n) is 6.50. The Labute approximate surface area is 290 Å². The van der Waals surface area contributed by atoms with Crippen molar-refractivity contribution in [1.29, 1.82) is 0 Å². The van der Waals surface area contributed by atoms with Gasteiger partial charge in [-0.15, -0.1) is 0 Å². The van der Waals surface area contributed by atoms with Gasteiger partial charge in [-0.3, -0.25) is 0 Å². The maximum atomic E-state index is 7.02. The molecule has 49 heavy (non-hydrogen) atoms. The van der Waals surface area contributed by atoms with Crippen molar-refractivity contribution < 1.29 is 18.9 Å². The SMILES string of the molecule is COCOC(CCOC(c1ccccc1)(c1ccccc1)c1ccccc1)c1ccc(OCc2cccc(-c3c(C)cccc3C)c2)nc1. The van der Waals surface area contributed by atoms with Crippen LogP contribution in [0.1, 0.15) is 51.5 Å². The Hall–Kier alpha value is -5.07. The molecule has 0 saturated carbocycles. The van der Waals surface area contributed by atoms with Crippen molar-refractivity contribution >= 4 is 0 Å². The van der Waals surface area contributed by atoms with Crippen molar-refractivity contribution in [2.45, 2.75) is 38.6 Å². The van der Waals surface area contributed by atoms with Crippen LogP contribution >= 0.6 is 0 Å². The van der Waals surface area contributed by atoms with Crippen LogP contribution < -0.4 is 4.74 Å². The van der Waals surface area contributed by atoms with Crippen LogP contribution in [0.2, 0.25) is 0 Å². The Bertz CT molecular complexity index is 1780. The summed E-state index contributed by atoms with van der Waals surface area (Å²) in [7, 11) is 1.63. The highest BCUT2D eigenvalue weighted by Crippen LogP contribution is 2.41.